The predicted octanol–water partition coefficient (Wildman–Crippen LogP) is -1.43. The van der Waals surface area contributed by atoms with E-state index in [4.69, 9.17) is 0 Å². The Balaban J connectivity index is -0.000000282. The Hall–Kier alpha value is 0.140. The zero-order valence-corrected chi connectivity index (χ0v) is 12.6. The zero-order valence-electron chi connectivity index (χ0n) is 10.8. The highest BCUT2D eigenvalue weighted by atomic mass is 31.2. The SMILES string of the molecule is CC(C)N(CP(=O)([O-])[O-])CP(=O)([O-])[O-].[NH4+].[NH4+].[NH4+]. The predicted molar refractivity (Wildman–Crippen MR) is 59.9 cm³/mol. The first-order valence-corrected chi connectivity index (χ1v) is 7.23. The number of hydrogen-bond acceptors (Lipinski definition) is 7. The van der Waals surface area contributed by atoms with E-state index in [9.17, 15) is 28.7 Å². The monoisotopic (exact) mass is 297 g/mol. The molecule has 0 aromatic rings. The van der Waals surface area contributed by atoms with E-state index < -0.39 is 33.8 Å². The van der Waals surface area contributed by atoms with E-state index in [-0.39, 0.29) is 18.5 Å². The van der Waals surface area contributed by atoms with Gasteiger partial charge < -0.3 is 47.2 Å². The Labute approximate surface area is 100 Å². The summed E-state index contributed by atoms with van der Waals surface area (Å²) in [6.45, 7) is 2.98. The molecule has 0 aliphatic carbocycles. The third-order valence-electron chi connectivity index (χ3n) is 1.44. The molecule has 0 heterocycles. The van der Waals surface area contributed by atoms with Gasteiger partial charge in [0.1, 0.15) is 0 Å². The van der Waals surface area contributed by atoms with Gasteiger partial charge in [-0.2, -0.15) is 0 Å². The van der Waals surface area contributed by atoms with Gasteiger partial charge in [0.25, 0.3) is 0 Å². The summed E-state index contributed by atoms with van der Waals surface area (Å²) in [6.07, 6.45) is -1.89. The Kier molecular flexibility index (Phi) is 13.9. The van der Waals surface area contributed by atoms with Crippen molar-refractivity contribution >= 4 is 15.2 Å². The van der Waals surface area contributed by atoms with Crippen molar-refractivity contribution < 1.29 is 28.7 Å². The molecule has 0 unspecified atom stereocenters. The quantitative estimate of drug-likeness (QED) is 0.510. The lowest BCUT2D eigenvalue weighted by atomic mass is 10.4. The van der Waals surface area contributed by atoms with Crippen LogP contribution < -0.4 is 38.0 Å². The molecule has 0 aromatic carbocycles. The molecule has 0 aromatic heterocycles. The van der Waals surface area contributed by atoms with Crippen LogP contribution in [0.1, 0.15) is 13.8 Å². The van der Waals surface area contributed by atoms with E-state index in [1.807, 2.05) is 0 Å². The minimum absolute atomic E-state index is 0. The van der Waals surface area contributed by atoms with Crippen molar-refractivity contribution in [3.8, 4) is 0 Å². The molecule has 12 N–H and O–H groups in total. The molecule has 0 fully saturated rings. The molecule has 0 aliphatic heterocycles. The molecule has 0 radical (unpaired) electrons. The summed E-state index contributed by atoms with van der Waals surface area (Å²) in [5.41, 5.74) is 0. The maximum Gasteiger partial charge on any atom is 0.0267 e. The van der Waals surface area contributed by atoms with Gasteiger partial charge >= 0.3 is 0 Å². The van der Waals surface area contributed by atoms with Crippen LogP contribution in [0.3, 0.4) is 0 Å². The third-order valence-corrected chi connectivity index (χ3v) is 2.86. The van der Waals surface area contributed by atoms with E-state index in [0.29, 0.717) is 0 Å². The molecule has 0 spiro atoms. The van der Waals surface area contributed by atoms with Gasteiger partial charge in [0, 0.05) is 18.6 Å². The first-order valence-electron chi connectivity index (χ1n) is 3.77. The second-order valence-electron chi connectivity index (χ2n) is 3.19. The van der Waals surface area contributed by atoms with Gasteiger partial charge in [0.15, 0.2) is 0 Å². The molecule has 10 nitrogen and oxygen atoms in total. The van der Waals surface area contributed by atoms with Crippen LogP contribution in [-0.4, -0.2) is 23.5 Å². The Morgan fingerprint density at radius 2 is 1.12 bits per heavy atom. The van der Waals surface area contributed by atoms with Gasteiger partial charge in [0.05, 0.1) is 0 Å². The summed E-state index contributed by atoms with van der Waals surface area (Å²) in [5.74, 6) is 0. The molecule has 0 amide bonds. The van der Waals surface area contributed by atoms with Crippen molar-refractivity contribution in [2.75, 3.05) is 12.6 Å². The van der Waals surface area contributed by atoms with Gasteiger partial charge in [0.2, 0.25) is 0 Å². The summed E-state index contributed by atoms with van der Waals surface area (Å²) < 4.78 is 20.7. The molecule has 0 rings (SSSR count). The van der Waals surface area contributed by atoms with Crippen molar-refractivity contribution in [2.24, 2.45) is 0 Å². The van der Waals surface area contributed by atoms with E-state index in [1.165, 1.54) is 13.8 Å². The van der Waals surface area contributed by atoms with Crippen LogP contribution in [0.5, 0.6) is 0 Å². The average Bonchev–Trinajstić information content (AvgIpc) is 1.78. The van der Waals surface area contributed by atoms with Crippen LogP contribution in [0.25, 0.3) is 0 Å². The van der Waals surface area contributed by atoms with Crippen molar-refractivity contribution in [3.05, 3.63) is 0 Å². The topological polar surface area (TPSA) is 239 Å². The molecular formula is C5H23N4O6P2-. The van der Waals surface area contributed by atoms with Gasteiger partial charge in [-0.15, -0.1) is 0 Å². The standard InChI is InChI=1S/C5H15NO6P2.3H3N/c1-5(2)6(3-13(7,8)9)4-14(10,11)12;;;/h5H,3-4H2,1-2H3,(H2,7,8,9)(H2,10,11,12);3*1H3/p-1. The van der Waals surface area contributed by atoms with Crippen LogP contribution in [0, 0.1) is 0 Å². The fraction of sp³-hybridized carbons (Fsp3) is 1.00. The number of hydrogen-bond donors (Lipinski definition) is 3. The highest BCUT2D eigenvalue weighted by Gasteiger charge is 2.11. The maximum atomic E-state index is 10.4. The fourth-order valence-electron chi connectivity index (χ4n) is 0.816. The van der Waals surface area contributed by atoms with Crippen molar-refractivity contribution in [3.63, 3.8) is 0 Å². The smallest absolute Gasteiger partial charge is 0.0267 e. The third kappa shape index (κ3) is 16.1. The lowest BCUT2D eigenvalue weighted by Gasteiger charge is -2.42. The average molecular weight is 297 g/mol. The van der Waals surface area contributed by atoms with Crippen molar-refractivity contribution in [1.82, 2.24) is 23.4 Å². The van der Waals surface area contributed by atoms with Gasteiger partial charge in [-0.1, -0.05) is 15.2 Å². The van der Waals surface area contributed by atoms with E-state index in [1.54, 1.807) is 0 Å². The van der Waals surface area contributed by atoms with Crippen LogP contribution in [0.2, 0.25) is 0 Å². The highest BCUT2D eigenvalue weighted by molar-refractivity contribution is 7.49. The van der Waals surface area contributed by atoms with E-state index in [0.717, 1.165) is 4.90 Å². The van der Waals surface area contributed by atoms with Crippen LogP contribution in [0.4, 0.5) is 0 Å². The zero-order chi connectivity index (χ0) is 11.6. The second-order valence-corrected chi connectivity index (χ2v) is 6.20. The first kappa shape index (κ1) is 25.9. The van der Waals surface area contributed by atoms with Gasteiger partial charge in [-0.3, -0.25) is 4.90 Å². The normalized spacial score (nSPS) is 11.5. The van der Waals surface area contributed by atoms with Gasteiger partial charge in [-0.25, -0.2) is 0 Å². The summed E-state index contributed by atoms with van der Waals surface area (Å²) in [7, 11) is -9.67. The van der Waals surface area contributed by atoms with Crippen LogP contribution in [0.15, 0.2) is 0 Å². The van der Waals surface area contributed by atoms with E-state index in [2.05, 4.69) is 0 Å². The molecular weight excluding hydrogens is 274 g/mol. The molecule has 0 atom stereocenters. The molecule has 17 heavy (non-hydrogen) atoms. The van der Waals surface area contributed by atoms with E-state index >= 15 is 0 Å². The lowest BCUT2D eigenvalue weighted by molar-refractivity contribution is -0.318. The van der Waals surface area contributed by atoms with Crippen molar-refractivity contribution in [2.45, 2.75) is 19.9 Å². The summed E-state index contributed by atoms with van der Waals surface area (Å²) in [4.78, 5) is 42.3. The molecule has 0 bridgehead atoms. The summed E-state index contributed by atoms with van der Waals surface area (Å²) in [5, 5.41) is 0. The molecule has 12 heteroatoms. The minimum atomic E-state index is -4.83. The number of quaternary nitrogens is 3. The van der Waals surface area contributed by atoms with Crippen molar-refractivity contribution in [1.29, 1.82) is 0 Å². The van der Waals surface area contributed by atoms with Crippen LogP contribution >= 0.6 is 15.2 Å². The minimum Gasteiger partial charge on any atom is -0.810 e. The summed E-state index contributed by atoms with van der Waals surface area (Å²) >= 11 is 0. The number of rotatable bonds is 5. The number of nitrogens with zero attached hydrogens (tertiary/aromatic N) is 1. The Bertz CT molecular complexity index is 252. The molecule has 0 saturated carbocycles. The fourth-order valence-corrected chi connectivity index (χ4v) is 2.72. The Morgan fingerprint density at radius 3 is 1.24 bits per heavy atom. The molecule has 0 saturated heterocycles. The largest absolute Gasteiger partial charge is 0.810 e. The van der Waals surface area contributed by atoms with Gasteiger partial charge in [-0.05, 0) is 13.8 Å². The lowest BCUT2D eigenvalue weighted by Crippen LogP contribution is -2.39. The van der Waals surface area contributed by atoms with Crippen LogP contribution in [-0.2, 0) is 9.13 Å². The molecule has 110 valence electrons. The Morgan fingerprint density at radius 1 is 0.882 bits per heavy atom. The first-order chi connectivity index (χ1) is 6.01. The second kappa shape index (κ2) is 9.12. The summed E-state index contributed by atoms with van der Waals surface area (Å²) in [6, 6.07) is -0.498. The molecule has 0 aliphatic rings. The maximum absolute atomic E-state index is 10.4. The highest BCUT2D eigenvalue weighted by Crippen LogP contribution is 2.31.